The zero-order valence-corrected chi connectivity index (χ0v) is 9.55. The van der Waals surface area contributed by atoms with Crippen molar-refractivity contribution in [2.45, 2.75) is 18.9 Å². The van der Waals surface area contributed by atoms with Crippen molar-refractivity contribution in [1.82, 2.24) is 10.3 Å². The number of nitrogens with one attached hydrogen (secondary N) is 2. The van der Waals surface area contributed by atoms with Gasteiger partial charge < -0.3 is 16.4 Å². The molecule has 96 valence electrons. The molecule has 1 atom stereocenters. The van der Waals surface area contributed by atoms with Gasteiger partial charge in [-0.1, -0.05) is 0 Å². The van der Waals surface area contributed by atoms with Gasteiger partial charge in [-0.2, -0.15) is 0 Å². The summed E-state index contributed by atoms with van der Waals surface area (Å²) >= 11 is 0. The lowest BCUT2D eigenvalue weighted by molar-refractivity contribution is -0.384. The molecule has 1 fully saturated rings. The van der Waals surface area contributed by atoms with Crippen molar-refractivity contribution in [2.75, 3.05) is 17.6 Å². The summed E-state index contributed by atoms with van der Waals surface area (Å²) in [5, 5.41) is 16.4. The van der Waals surface area contributed by atoms with Gasteiger partial charge in [0.1, 0.15) is 5.82 Å². The Balaban J connectivity index is 2.06. The van der Waals surface area contributed by atoms with Crippen LogP contribution in [0.25, 0.3) is 0 Å². The Bertz CT molecular complexity index is 490. The maximum Gasteiger partial charge on any atom is 0.311 e. The first-order chi connectivity index (χ1) is 8.56. The highest BCUT2D eigenvalue weighted by molar-refractivity contribution is 5.78. The van der Waals surface area contributed by atoms with Crippen LogP contribution in [0.15, 0.2) is 12.1 Å². The number of nitrogens with two attached hydrogens (primary N) is 1. The number of nitrogens with zero attached hydrogens (tertiary/aromatic N) is 2. The average molecular weight is 251 g/mol. The topological polar surface area (TPSA) is 123 Å². The Morgan fingerprint density at radius 3 is 3.00 bits per heavy atom. The fourth-order valence-electron chi connectivity index (χ4n) is 1.79. The van der Waals surface area contributed by atoms with Crippen LogP contribution in [0.4, 0.5) is 17.3 Å². The number of anilines is 2. The first-order valence-electron chi connectivity index (χ1n) is 5.50. The van der Waals surface area contributed by atoms with Crippen molar-refractivity contribution in [2.24, 2.45) is 0 Å². The highest BCUT2D eigenvalue weighted by Crippen LogP contribution is 2.23. The van der Waals surface area contributed by atoms with Crippen LogP contribution in [-0.2, 0) is 4.79 Å². The van der Waals surface area contributed by atoms with Gasteiger partial charge in [-0.25, -0.2) is 4.98 Å². The van der Waals surface area contributed by atoms with Crippen molar-refractivity contribution in [1.29, 1.82) is 0 Å². The van der Waals surface area contributed by atoms with Gasteiger partial charge in [-0.3, -0.25) is 14.9 Å². The number of aromatic nitrogens is 1. The Labute approximate surface area is 103 Å². The first kappa shape index (κ1) is 12.1. The quantitative estimate of drug-likeness (QED) is 0.521. The molecule has 1 aliphatic heterocycles. The zero-order chi connectivity index (χ0) is 13.1. The highest BCUT2D eigenvalue weighted by atomic mass is 16.6. The summed E-state index contributed by atoms with van der Waals surface area (Å²) in [6.07, 6.45) is 1.20. The van der Waals surface area contributed by atoms with Gasteiger partial charge in [0.25, 0.3) is 0 Å². The van der Waals surface area contributed by atoms with Gasteiger partial charge in [0.2, 0.25) is 11.7 Å². The third kappa shape index (κ3) is 2.65. The van der Waals surface area contributed by atoms with Crippen molar-refractivity contribution in [3.63, 3.8) is 0 Å². The molecule has 18 heavy (non-hydrogen) atoms. The molecule has 0 aliphatic carbocycles. The molecule has 0 radical (unpaired) electrons. The highest BCUT2D eigenvalue weighted by Gasteiger charge is 2.22. The third-order valence-electron chi connectivity index (χ3n) is 2.69. The van der Waals surface area contributed by atoms with Crippen molar-refractivity contribution >= 4 is 23.2 Å². The van der Waals surface area contributed by atoms with E-state index in [-0.39, 0.29) is 29.3 Å². The number of hydrogen-bond donors (Lipinski definition) is 3. The van der Waals surface area contributed by atoms with E-state index in [9.17, 15) is 14.9 Å². The number of nitrogen functional groups attached to an aromatic ring is 1. The lowest BCUT2D eigenvalue weighted by Gasteiger charge is -2.12. The molecule has 1 saturated heterocycles. The summed E-state index contributed by atoms with van der Waals surface area (Å²) in [4.78, 5) is 25.2. The summed E-state index contributed by atoms with van der Waals surface area (Å²) in [6.45, 7) is 0.392. The summed E-state index contributed by atoms with van der Waals surface area (Å²) in [6, 6.07) is 2.65. The molecule has 1 aliphatic rings. The molecular weight excluding hydrogens is 238 g/mol. The number of carbonyl (C=O) groups excluding carboxylic acids is 1. The molecule has 8 nitrogen and oxygen atoms in total. The van der Waals surface area contributed by atoms with Crippen LogP contribution >= 0.6 is 0 Å². The average Bonchev–Trinajstić information content (AvgIpc) is 2.72. The molecule has 0 saturated carbocycles. The summed E-state index contributed by atoms with van der Waals surface area (Å²) in [5.41, 5.74) is 5.36. The summed E-state index contributed by atoms with van der Waals surface area (Å²) < 4.78 is 0. The monoisotopic (exact) mass is 251 g/mol. The maximum absolute atomic E-state index is 11.0. The standard InChI is InChI=1S/C10H13N5O3/c11-8-3-2-7(15(17)18)10(14-8)12-5-6-1-4-9(16)13-6/h2-3,6H,1,4-5H2,(H,13,16)(H3,11,12,14). The number of amides is 1. The Morgan fingerprint density at radius 1 is 1.61 bits per heavy atom. The predicted molar refractivity (Wildman–Crippen MR) is 65.0 cm³/mol. The molecule has 2 rings (SSSR count). The minimum absolute atomic E-state index is 0.00293. The van der Waals surface area contributed by atoms with Gasteiger partial charge in [0, 0.05) is 25.1 Å². The lowest BCUT2D eigenvalue weighted by atomic mass is 10.2. The third-order valence-corrected chi connectivity index (χ3v) is 2.69. The fraction of sp³-hybridized carbons (Fsp3) is 0.400. The predicted octanol–water partition coefficient (Wildman–Crippen LogP) is 0.262. The zero-order valence-electron chi connectivity index (χ0n) is 9.55. The number of nitro groups is 1. The number of carbonyl (C=O) groups is 1. The van der Waals surface area contributed by atoms with Gasteiger partial charge >= 0.3 is 5.69 Å². The largest absolute Gasteiger partial charge is 0.384 e. The minimum Gasteiger partial charge on any atom is -0.384 e. The fourth-order valence-corrected chi connectivity index (χ4v) is 1.79. The Hall–Kier alpha value is -2.38. The van der Waals surface area contributed by atoms with E-state index in [4.69, 9.17) is 5.73 Å². The van der Waals surface area contributed by atoms with Crippen LogP contribution in [0.5, 0.6) is 0 Å². The molecule has 4 N–H and O–H groups in total. The van der Waals surface area contributed by atoms with Gasteiger partial charge in [0.15, 0.2) is 0 Å². The van der Waals surface area contributed by atoms with Crippen LogP contribution in [-0.4, -0.2) is 28.4 Å². The number of rotatable bonds is 4. The smallest absolute Gasteiger partial charge is 0.311 e. The van der Waals surface area contributed by atoms with Crippen molar-refractivity contribution in [3.8, 4) is 0 Å². The van der Waals surface area contributed by atoms with Crippen LogP contribution in [0.1, 0.15) is 12.8 Å². The number of pyridine rings is 1. The van der Waals surface area contributed by atoms with E-state index in [2.05, 4.69) is 15.6 Å². The molecule has 1 amide bonds. The Kier molecular flexibility index (Phi) is 3.26. The van der Waals surface area contributed by atoms with E-state index in [1.165, 1.54) is 12.1 Å². The minimum atomic E-state index is -0.526. The molecule has 2 heterocycles. The van der Waals surface area contributed by atoms with Crippen LogP contribution in [0.3, 0.4) is 0 Å². The van der Waals surface area contributed by atoms with Crippen LogP contribution in [0.2, 0.25) is 0 Å². The summed E-state index contributed by atoms with van der Waals surface area (Å²) in [7, 11) is 0. The molecule has 1 unspecified atom stereocenters. The molecular formula is C10H13N5O3. The Morgan fingerprint density at radius 2 is 2.39 bits per heavy atom. The van der Waals surface area contributed by atoms with E-state index >= 15 is 0 Å². The first-order valence-corrected chi connectivity index (χ1v) is 5.50. The van der Waals surface area contributed by atoms with E-state index in [0.717, 1.165) is 0 Å². The second-order valence-corrected chi connectivity index (χ2v) is 4.04. The normalized spacial score (nSPS) is 18.4. The molecule has 1 aromatic rings. The molecule has 0 spiro atoms. The van der Waals surface area contributed by atoms with Crippen LogP contribution < -0.4 is 16.4 Å². The molecule has 1 aromatic heterocycles. The van der Waals surface area contributed by atoms with Crippen molar-refractivity contribution in [3.05, 3.63) is 22.2 Å². The van der Waals surface area contributed by atoms with E-state index < -0.39 is 4.92 Å². The molecule has 8 heteroatoms. The molecule has 0 aromatic carbocycles. The molecule has 0 bridgehead atoms. The van der Waals surface area contributed by atoms with Crippen molar-refractivity contribution < 1.29 is 9.72 Å². The maximum atomic E-state index is 11.0. The second kappa shape index (κ2) is 4.86. The van der Waals surface area contributed by atoms with Gasteiger partial charge in [-0.05, 0) is 12.5 Å². The van der Waals surface area contributed by atoms with Gasteiger partial charge in [-0.15, -0.1) is 0 Å². The van der Waals surface area contributed by atoms with E-state index in [0.29, 0.717) is 19.4 Å². The lowest BCUT2D eigenvalue weighted by Crippen LogP contribution is -2.32. The second-order valence-electron chi connectivity index (χ2n) is 4.04. The number of hydrogen-bond acceptors (Lipinski definition) is 6. The van der Waals surface area contributed by atoms with E-state index in [1.54, 1.807) is 0 Å². The SMILES string of the molecule is Nc1ccc([N+](=O)[O-])c(NCC2CCC(=O)N2)n1. The van der Waals surface area contributed by atoms with E-state index in [1.807, 2.05) is 0 Å². The summed E-state index contributed by atoms with van der Waals surface area (Å²) in [5.74, 6) is 0.330. The van der Waals surface area contributed by atoms with Gasteiger partial charge in [0.05, 0.1) is 4.92 Å². The van der Waals surface area contributed by atoms with Crippen LogP contribution in [0, 0.1) is 10.1 Å².